The molecule has 0 radical (unpaired) electrons. The van der Waals surface area contributed by atoms with Crippen molar-refractivity contribution in [2.75, 3.05) is 13.7 Å². The molecule has 0 aromatic heterocycles. The first-order chi connectivity index (χ1) is 10.0. The number of aliphatic hydroxyl groups is 3. The van der Waals surface area contributed by atoms with E-state index in [9.17, 15) is 15.0 Å². The monoisotopic (exact) mass is 298 g/mol. The van der Waals surface area contributed by atoms with Crippen LogP contribution in [0, 0.1) is 0 Å². The van der Waals surface area contributed by atoms with Gasteiger partial charge in [-0.3, -0.25) is 0 Å². The molecular formula is C14H18O7. The van der Waals surface area contributed by atoms with E-state index in [2.05, 4.69) is 4.74 Å². The first kappa shape index (κ1) is 15.7. The molecule has 1 aliphatic rings. The van der Waals surface area contributed by atoms with Gasteiger partial charge in [0.1, 0.15) is 18.0 Å². The molecule has 0 amide bonds. The lowest BCUT2D eigenvalue weighted by molar-refractivity contribution is -0.229. The molecule has 3 N–H and O–H groups in total. The van der Waals surface area contributed by atoms with Gasteiger partial charge in [0.05, 0.1) is 25.4 Å². The van der Waals surface area contributed by atoms with Crippen molar-refractivity contribution in [1.29, 1.82) is 0 Å². The van der Waals surface area contributed by atoms with Gasteiger partial charge in [0.2, 0.25) is 6.29 Å². The molecule has 0 bridgehead atoms. The molecule has 1 fully saturated rings. The van der Waals surface area contributed by atoms with Gasteiger partial charge in [0.25, 0.3) is 0 Å². The van der Waals surface area contributed by atoms with Crippen molar-refractivity contribution in [2.24, 2.45) is 0 Å². The van der Waals surface area contributed by atoms with Crippen molar-refractivity contribution in [2.45, 2.75) is 31.0 Å². The van der Waals surface area contributed by atoms with E-state index in [0.29, 0.717) is 11.3 Å². The summed E-state index contributed by atoms with van der Waals surface area (Å²) in [5.74, 6) is -0.0118. The zero-order valence-corrected chi connectivity index (χ0v) is 11.5. The zero-order chi connectivity index (χ0) is 15.4. The van der Waals surface area contributed by atoms with E-state index < -0.39 is 37.2 Å². The number of hydrogen-bond donors (Lipinski definition) is 3. The number of hydrogen-bond acceptors (Lipinski definition) is 7. The van der Waals surface area contributed by atoms with Crippen LogP contribution in [0.1, 0.15) is 16.8 Å². The molecule has 0 saturated carbocycles. The number of carbonyl (C=O) groups is 1. The van der Waals surface area contributed by atoms with E-state index in [1.54, 1.807) is 24.3 Å². The summed E-state index contributed by atoms with van der Waals surface area (Å²) in [5, 5.41) is 28.4. The summed E-state index contributed by atoms with van der Waals surface area (Å²) in [7, 11) is 1.30. The SMILES string of the molecule is COC(=O)c1ccc(O[C@H]2C[C@@H](O)[C@H](O)C(CO)O2)cc1. The number of esters is 1. The molecule has 7 heteroatoms. The molecule has 1 saturated heterocycles. The van der Waals surface area contributed by atoms with Crippen LogP contribution in [0.15, 0.2) is 24.3 Å². The Morgan fingerprint density at radius 3 is 2.57 bits per heavy atom. The molecular weight excluding hydrogens is 280 g/mol. The minimum atomic E-state index is -1.14. The lowest BCUT2D eigenvalue weighted by Crippen LogP contribution is -2.51. The number of carbonyl (C=O) groups excluding carboxylic acids is 1. The van der Waals surface area contributed by atoms with Crippen molar-refractivity contribution in [1.82, 2.24) is 0 Å². The number of rotatable bonds is 4. The van der Waals surface area contributed by atoms with Crippen molar-refractivity contribution < 1.29 is 34.3 Å². The number of ether oxygens (including phenoxy) is 3. The Bertz CT molecular complexity index is 473. The van der Waals surface area contributed by atoms with Crippen LogP contribution >= 0.6 is 0 Å². The maximum atomic E-state index is 11.3. The highest BCUT2D eigenvalue weighted by molar-refractivity contribution is 5.89. The van der Waals surface area contributed by atoms with Crippen molar-refractivity contribution in [3.63, 3.8) is 0 Å². The number of benzene rings is 1. The Balaban J connectivity index is 1.99. The van der Waals surface area contributed by atoms with Crippen molar-refractivity contribution in [3.05, 3.63) is 29.8 Å². The summed E-state index contributed by atoms with van der Waals surface area (Å²) < 4.78 is 15.5. The molecule has 116 valence electrons. The van der Waals surface area contributed by atoms with Gasteiger partial charge in [-0.05, 0) is 24.3 Å². The molecule has 7 nitrogen and oxygen atoms in total. The smallest absolute Gasteiger partial charge is 0.337 e. The molecule has 1 aromatic rings. The van der Waals surface area contributed by atoms with E-state index >= 15 is 0 Å². The van der Waals surface area contributed by atoms with Gasteiger partial charge in [0, 0.05) is 6.42 Å². The largest absolute Gasteiger partial charge is 0.465 e. The second-order valence-electron chi connectivity index (χ2n) is 4.71. The Hall–Kier alpha value is -1.67. The van der Waals surface area contributed by atoms with Gasteiger partial charge >= 0.3 is 5.97 Å². The summed E-state index contributed by atoms with van der Waals surface area (Å²) in [6.07, 6.45) is -3.78. The van der Waals surface area contributed by atoms with Gasteiger partial charge in [-0.25, -0.2) is 4.79 Å². The average Bonchev–Trinajstić information content (AvgIpc) is 2.50. The predicted octanol–water partition coefficient (Wildman–Crippen LogP) is -0.319. The van der Waals surface area contributed by atoms with Crippen molar-refractivity contribution in [3.8, 4) is 5.75 Å². The second-order valence-corrected chi connectivity index (χ2v) is 4.71. The van der Waals surface area contributed by atoms with Crippen LogP contribution in [0.2, 0.25) is 0 Å². The molecule has 21 heavy (non-hydrogen) atoms. The fourth-order valence-electron chi connectivity index (χ4n) is 2.08. The first-order valence-corrected chi connectivity index (χ1v) is 6.52. The van der Waals surface area contributed by atoms with Crippen LogP contribution in [0.4, 0.5) is 0 Å². The maximum absolute atomic E-state index is 11.3. The van der Waals surface area contributed by atoms with Crippen LogP contribution in [0.25, 0.3) is 0 Å². The minimum absolute atomic E-state index is 0.0798. The van der Waals surface area contributed by atoms with Gasteiger partial charge in [-0.15, -0.1) is 0 Å². The van der Waals surface area contributed by atoms with Gasteiger partial charge in [0.15, 0.2) is 0 Å². The quantitative estimate of drug-likeness (QED) is 0.654. The summed E-state index contributed by atoms with van der Waals surface area (Å²) in [6, 6.07) is 6.22. The zero-order valence-electron chi connectivity index (χ0n) is 11.5. The van der Waals surface area contributed by atoms with Crippen LogP contribution in [0.5, 0.6) is 5.75 Å². The second kappa shape index (κ2) is 6.86. The van der Waals surface area contributed by atoms with Crippen molar-refractivity contribution >= 4 is 5.97 Å². The van der Waals surface area contributed by atoms with Crippen LogP contribution in [0.3, 0.4) is 0 Å². The number of aliphatic hydroxyl groups excluding tert-OH is 3. The standard InChI is InChI=1S/C14H18O7/c1-19-14(18)8-2-4-9(5-3-8)20-12-6-10(16)13(17)11(7-15)21-12/h2-5,10-13,15-17H,6-7H2,1H3/t10-,11?,12-,13+/m1/s1. The minimum Gasteiger partial charge on any atom is -0.465 e. The van der Waals surface area contributed by atoms with E-state index in [1.807, 2.05) is 0 Å². The third-order valence-corrected chi connectivity index (χ3v) is 3.26. The predicted molar refractivity (Wildman–Crippen MR) is 70.8 cm³/mol. The lowest BCUT2D eigenvalue weighted by atomic mass is 10.0. The topological polar surface area (TPSA) is 105 Å². The molecule has 2 rings (SSSR count). The Kier molecular flexibility index (Phi) is 5.13. The summed E-state index contributed by atoms with van der Waals surface area (Å²) in [6.45, 7) is -0.417. The average molecular weight is 298 g/mol. The van der Waals surface area contributed by atoms with Gasteiger partial charge < -0.3 is 29.5 Å². The molecule has 0 aliphatic carbocycles. The molecule has 1 unspecified atom stereocenters. The highest BCUT2D eigenvalue weighted by Gasteiger charge is 2.37. The molecule has 4 atom stereocenters. The van der Waals surface area contributed by atoms with Crippen LogP contribution in [-0.2, 0) is 9.47 Å². The Morgan fingerprint density at radius 2 is 2.00 bits per heavy atom. The van der Waals surface area contributed by atoms with E-state index in [4.69, 9.17) is 14.6 Å². The van der Waals surface area contributed by atoms with Crippen LogP contribution in [-0.4, -0.2) is 59.6 Å². The fourth-order valence-corrected chi connectivity index (χ4v) is 2.08. The van der Waals surface area contributed by atoms with E-state index in [0.717, 1.165) is 0 Å². The summed E-state index contributed by atoms with van der Waals surface area (Å²) in [5.41, 5.74) is 0.387. The summed E-state index contributed by atoms with van der Waals surface area (Å²) >= 11 is 0. The molecule has 1 aromatic carbocycles. The highest BCUT2D eigenvalue weighted by Crippen LogP contribution is 2.23. The third-order valence-electron chi connectivity index (χ3n) is 3.26. The molecule has 1 heterocycles. The van der Waals surface area contributed by atoms with E-state index in [-0.39, 0.29) is 6.42 Å². The Morgan fingerprint density at radius 1 is 1.33 bits per heavy atom. The Labute approximate surface area is 121 Å². The first-order valence-electron chi connectivity index (χ1n) is 6.52. The molecule has 0 spiro atoms. The third kappa shape index (κ3) is 3.70. The molecule has 1 aliphatic heterocycles. The van der Waals surface area contributed by atoms with Gasteiger partial charge in [-0.2, -0.15) is 0 Å². The lowest BCUT2D eigenvalue weighted by Gasteiger charge is -2.36. The van der Waals surface area contributed by atoms with Crippen LogP contribution < -0.4 is 4.74 Å². The van der Waals surface area contributed by atoms with Gasteiger partial charge in [-0.1, -0.05) is 0 Å². The maximum Gasteiger partial charge on any atom is 0.337 e. The highest BCUT2D eigenvalue weighted by atomic mass is 16.7. The normalized spacial score (nSPS) is 29.0. The fraction of sp³-hybridized carbons (Fsp3) is 0.500. The van der Waals surface area contributed by atoms with E-state index in [1.165, 1.54) is 7.11 Å². The summed E-state index contributed by atoms with van der Waals surface area (Å²) in [4.78, 5) is 11.3. The number of methoxy groups -OCH3 is 1.